The van der Waals surface area contributed by atoms with Gasteiger partial charge in [0.15, 0.2) is 6.10 Å². The lowest BCUT2D eigenvalue weighted by Crippen LogP contribution is -2.43. The predicted octanol–water partition coefficient (Wildman–Crippen LogP) is 2.19. The van der Waals surface area contributed by atoms with E-state index in [1.54, 1.807) is 36.1 Å². The van der Waals surface area contributed by atoms with E-state index in [1.165, 1.54) is 11.0 Å². The maximum absolute atomic E-state index is 12.9. The number of para-hydroxylation sites is 1. The van der Waals surface area contributed by atoms with Gasteiger partial charge in [-0.3, -0.25) is 4.79 Å². The second-order valence-corrected chi connectivity index (χ2v) is 6.74. The van der Waals surface area contributed by atoms with Crippen molar-refractivity contribution in [1.82, 2.24) is 20.2 Å². The molecular weight excluding hydrogens is 358 g/mol. The van der Waals surface area contributed by atoms with Gasteiger partial charge in [0.2, 0.25) is 0 Å². The average molecular weight is 377 g/mol. The Labute approximate surface area is 161 Å². The quantitative estimate of drug-likeness (QED) is 0.648. The van der Waals surface area contributed by atoms with Gasteiger partial charge < -0.3 is 9.64 Å². The van der Waals surface area contributed by atoms with Crippen LogP contribution in [0.4, 0.5) is 5.69 Å². The number of carbonyl (C=O) groups is 2. The average Bonchev–Trinajstić information content (AvgIpc) is 3.34. The molecular formula is C20H19N5O3. The minimum atomic E-state index is -0.889. The number of aromatic nitrogens is 4. The third-order valence-corrected chi connectivity index (χ3v) is 4.79. The monoisotopic (exact) mass is 377 g/mol. The van der Waals surface area contributed by atoms with Crippen LogP contribution in [0.15, 0.2) is 54.9 Å². The molecule has 0 aliphatic carbocycles. The lowest BCUT2D eigenvalue weighted by molar-refractivity contribution is -0.126. The van der Waals surface area contributed by atoms with Gasteiger partial charge in [-0.25, -0.2) is 9.48 Å². The van der Waals surface area contributed by atoms with Crippen molar-refractivity contribution in [3.8, 4) is 5.69 Å². The number of nitrogens with zero attached hydrogens (tertiary/aromatic N) is 5. The Balaban J connectivity index is 1.45. The summed E-state index contributed by atoms with van der Waals surface area (Å²) in [5, 5.41) is 10.9. The summed E-state index contributed by atoms with van der Waals surface area (Å²) < 4.78 is 6.91. The standard InChI is InChI=1S/C20H19N5O3/c1-13-11-16-5-3-4-6-18(16)25(13)19(26)14(2)28-20(27)15-7-9-17(10-8-15)24-12-21-22-23-24/h3-10,12-14H,11H2,1-2H3/t13-,14-/m0/s1. The predicted molar refractivity (Wildman–Crippen MR) is 101 cm³/mol. The molecule has 142 valence electrons. The number of rotatable bonds is 4. The second-order valence-electron chi connectivity index (χ2n) is 6.74. The van der Waals surface area contributed by atoms with Gasteiger partial charge in [-0.2, -0.15) is 0 Å². The van der Waals surface area contributed by atoms with E-state index < -0.39 is 12.1 Å². The smallest absolute Gasteiger partial charge is 0.338 e. The maximum atomic E-state index is 12.9. The van der Waals surface area contributed by atoms with Gasteiger partial charge in [-0.05, 0) is 66.6 Å². The Kier molecular flexibility index (Phi) is 4.60. The molecule has 1 aliphatic rings. The summed E-state index contributed by atoms with van der Waals surface area (Å²) in [5.41, 5.74) is 3.08. The van der Waals surface area contributed by atoms with Crippen LogP contribution in [0.3, 0.4) is 0 Å². The third-order valence-electron chi connectivity index (χ3n) is 4.79. The number of benzene rings is 2. The summed E-state index contributed by atoms with van der Waals surface area (Å²) in [6, 6.07) is 14.5. The molecule has 8 heteroatoms. The first-order valence-corrected chi connectivity index (χ1v) is 9.00. The van der Waals surface area contributed by atoms with Gasteiger partial charge in [0.1, 0.15) is 6.33 Å². The number of hydrogen-bond donors (Lipinski definition) is 0. The largest absolute Gasteiger partial charge is 0.449 e. The van der Waals surface area contributed by atoms with Crippen LogP contribution in [0.1, 0.15) is 29.8 Å². The van der Waals surface area contributed by atoms with Crippen LogP contribution in [0.5, 0.6) is 0 Å². The fraction of sp³-hybridized carbons (Fsp3) is 0.250. The molecule has 28 heavy (non-hydrogen) atoms. The van der Waals surface area contributed by atoms with E-state index in [1.807, 2.05) is 31.2 Å². The molecule has 2 heterocycles. The Bertz CT molecular complexity index is 1000. The number of amides is 1. The topological polar surface area (TPSA) is 90.2 Å². The van der Waals surface area contributed by atoms with Crippen molar-refractivity contribution >= 4 is 17.6 Å². The van der Waals surface area contributed by atoms with Crippen molar-refractivity contribution in [1.29, 1.82) is 0 Å². The van der Waals surface area contributed by atoms with Crippen molar-refractivity contribution < 1.29 is 14.3 Å². The molecule has 2 aromatic carbocycles. The van der Waals surface area contributed by atoms with Gasteiger partial charge >= 0.3 is 5.97 Å². The molecule has 1 aromatic heterocycles. The third kappa shape index (κ3) is 3.24. The van der Waals surface area contributed by atoms with E-state index in [4.69, 9.17) is 4.74 Å². The number of ether oxygens (including phenoxy) is 1. The van der Waals surface area contributed by atoms with Crippen LogP contribution in [-0.2, 0) is 16.0 Å². The van der Waals surface area contributed by atoms with E-state index in [9.17, 15) is 9.59 Å². The first-order chi connectivity index (χ1) is 13.5. The zero-order valence-corrected chi connectivity index (χ0v) is 15.5. The first kappa shape index (κ1) is 17.8. The Hall–Kier alpha value is -3.55. The van der Waals surface area contributed by atoms with Crippen molar-refractivity contribution in [3.63, 3.8) is 0 Å². The van der Waals surface area contributed by atoms with Gasteiger partial charge in [0, 0.05) is 11.7 Å². The molecule has 0 saturated heterocycles. The van der Waals surface area contributed by atoms with Gasteiger partial charge in [0.25, 0.3) is 5.91 Å². The fourth-order valence-electron chi connectivity index (χ4n) is 3.41. The maximum Gasteiger partial charge on any atom is 0.338 e. The lowest BCUT2D eigenvalue weighted by Gasteiger charge is -2.25. The Morgan fingerprint density at radius 2 is 1.89 bits per heavy atom. The molecule has 0 saturated carbocycles. The number of fused-ring (bicyclic) bond motifs is 1. The zero-order valence-electron chi connectivity index (χ0n) is 15.5. The summed E-state index contributed by atoms with van der Waals surface area (Å²) in [4.78, 5) is 27.1. The van der Waals surface area contributed by atoms with E-state index in [2.05, 4.69) is 15.5 Å². The van der Waals surface area contributed by atoms with Crippen LogP contribution in [0.25, 0.3) is 5.69 Å². The normalized spacial score (nSPS) is 16.5. The van der Waals surface area contributed by atoms with Crippen LogP contribution in [0, 0.1) is 0 Å². The lowest BCUT2D eigenvalue weighted by atomic mass is 10.1. The minimum Gasteiger partial charge on any atom is -0.449 e. The van der Waals surface area contributed by atoms with Crippen molar-refractivity contribution in [2.24, 2.45) is 0 Å². The van der Waals surface area contributed by atoms with E-state index in [0.717, 1.165) is 17.7 Å². The Morgan fingerprint density at radius 3 is 2.61 bits per heavy atom. The summed E-state index contributed by atoms with van der Waals surface area (Å²) in [6.07, 6.45) is 1.37. The van der Waals surface area contributed by atoms with Gasteiger partial charge in [-0.15, -0.1) is 5.10 Å². The highest BCUT2D eigenvalue weighted by Gasteiger charge is 2.34. The highest BCUT2D eigenvalue weighted by atomic mass is 16.5. The van der Waals surface area contributed by atoms with Crippen molar-refractivity contribution in [3.05, 3.63) is 66.0 Å². The molecule has 0 bridgehead atoms. The molecule has 2 atom stereocenters. The van der Waals surface area contributed by atoms with E-state index >= 15 is 0 Å². The van der Waals surface area contributed by atoms with Crippen LogP contribution in [0.2, 0.25) is 0 Å². The SMILES string of the molecule is C[C@H](OC(=O)c1ccc(-n2cnnn2)cc1)C(=O)N1c2ccccc2C[C@@H]1C. The summed E-state index contributed by atoms with van der Waals surface area (Å²) in [5.74, 6) is -0.777. The molecule has 1 aliphatic heterocycles. The number of anilines is 1. The van der Waals surface area contributed by atoms with Crippen molar-refractivity contribution in [2.45, 2.75) is 32.4 Å². The second kappa shape index (κ2) is 7.22. The summed E-state index contributed by atoms with van der Waals surface area (Å²) in [6.45, 7) is 3.59. The zero-order chi connectivity index (χ0) is 19.7. The number of esters is 1. The number of hydrogen-bond acceptors (Lipinski definition) is 6. The molecule has 3 aromatic rings. The molecule has 0 radical (unpaired) electrons. The summed E-state index contributed by atoms with van der Waals surface area (Å²) in [7, 11) is 0. The van der Waals surface area contributed by atoms with Crippen molar-refractivity contribution in [2.75, 3.05) is 4.90 Å². The Morgan fingerprint density at radius 1 is 1.14 bits per heavy atom. The van der Waals surface area contributed by atoms with Crippen LogP contribution in [-0.4, -0.2) is 44.2 Å². The van der Waals surface area contributed by atoms with Crippen LogP contribution >= 0.6 is 0 Å². The molecule has 8 nitrogen and oxygen atoms in total. The summed E-state index contributed by atoms with van der Waals surface area (Å²) >= 11 is 0. The van der Waals surface area contributed by atoms with Gasteiger partial charge in [0.05, 0.1) is 11.3 Å². The fourth-order valence-corrected chi connectivity index (χ4v) is 3.41. The van der Waals surface area contributed by atoms with Gasteiger partial charge in [-0.1, -0.05) is 18.2 Å². The molecule has 0 unspecified atom stereocenters. The van der Waals surface area contributed by atoms with E-state index in [-0.39, 0.29) is 11.9 Å². The minimum absolute atomic E-state index is 0.0293. The molecule has 1 amide bonds. The number of carbonyl (C=O) groups excluding carboxylic acids is 2. The highest BCUT2D eigenvalue weighted by molar-refractivity contribution is 6.00. The molecule has 0 spiro atoms. The molecule has 0 fully saturated rings. The van der Waals surface area contributed by atoms with E-state index in [0.29, 0.717) is 11.3 Å². The first-order valence-electron chi connectivity index (χ1n) is 9.00. The molecule has 0 N–H and O–H groups in total. The van der Waals surface area contributed by atoms with Crippen LogP contribution < -0.4 is 4.90 Å². The highest BCUT2D eigenvalue weighted by Crippen LogP contribution is 2.32. The number of tetrazole rings is 1. The molecule has 4 rings (SSSR count).